The van der Waals surface area contributed by atoms with Gasteiger partial charge in [-0.2, -0.15) is 0 Å². The maximum absolute atomic E-state index is 14.2. The second-order valence-electron chi connectivity index (χ2n) is 12.6. The van der Waals surface area contributed by atoms with Crippen LogP contribution in [-0.4, -0.2) is 85.6 Å². The maximum atomic E-state index is 14.2. The van der Waals surface area contributed by atoms with Gasteiger partial charge in [0, 0.05) is 53.1 Å². The van der Waals surface area contributed by atoms with Gasteiger partial charge in [-0.25, -0.2) is 9.18 Å². The normalized spacial score (nSPS) is 16.8. The topological polar surface area (TPSA) is 129 Å². The first-order valence-corrected chi connectivity index (χ1v) is 17.1. The van der Waals surface area contributed by atoms with E-state index in [-0.39, 0.29) is 18.2 Å². The van der Waals surface area contributed by atoms with Gasteiger partial charge in [0.25, 0.3) is 0 Å². The lowest BCUT2D eigenvalue weighted by Crippen LogP contribution is -2.41. The van der Waals surface area contributed by atoms with Gasteiger partial charge < -0.3 is 28.2 Å². The predicted molar refractivity (Wildman–Crippen MR) is 178 cm³/mol. The maximum Gasteiger partial charge on any atom is 0.355 e. The van der Waals surface area contributed by atoms with E-state index in [1.54, 1.807) is 16.9 Å². The van der Waals surface area contributed by atoms with Crippen molar-refractivity contribution in [1.82, 2.24) is 24.9 Å². The van der Waals surface area contributed by atoms with Gasteiger partial charge in [-0.05, 0) is 85.7 Å². The minimum atomic E-state index is -2.38. The van der Waals surface area contributed by atoms with Crippen LogP contribution in [0.1, 0.15) is 49.2 Å². The number of nitrogens with zero attached hydrogens (tertiary/aromatic N) is 5. The van der Waals surface area contributed by atoms with Crippen LogP contribution in [0, 0.1) is 17.7 Å². The Morgan fingerprint density at radius 3 is 2.70 bits per heavy atom. The molecular formula is C34H40FN6O5S-. The molecule has 2 aromatic carbocycles. The van der Waals surface area contributed by atoms with Crippen molar-refractivity contribution in [2.75, 3.05) is 50.3 Å². The highest BCUT2D eigenvalue weighted by Crippen LogP contribution is 2.33. The highest BCUT2D eigenvalue weighted by molar-refractivity contribution is 7.80. The molecule has 4 aromatic rings. The summed E-state index contributed by atoms with van der Waals surface area (Å²) < 4.78 is 52.5. The molecule has 1 saturated heterocycles. The fourth-order valence-electron chi connectivity index (χ4n) is 6.21. The molecule has 1 N–H and O–H groups in total. The SMILES string of the molecule is CC(C)COC(=O)c1[nH]c2ccc(F)cc2c1-c1cn(CC2CCN(CCN(c3ccc(C4=CCOCC4)cc3)S(=O)[O-])CC2)nn1. The lowest BCUT2D eigenvalue weighted by molar-refractivity contribution is 0.0454. The van der Waals surface area contributed by atoms with E-state index in [0.717, 1.165) is 37.9 Å². The van der Waals surface area contributed by atoms with Gasteiger partial charge >= 0.3 is 5.97 Å². The van der Waals surface area contributed by atoms with Crippen molar-refractivity contribution >= 4 is 39.4 Å². The molecule has 0 saturated carbocycles. The average molecular weight is 664 g/mol. The molecule has 1 unspecified atom stereocenters. The van der Waals surface area contributed by atoms with Crippen molar-refractivity contribution in [3.63, 3.8) is 0 Å². The Hall–Kier alpha value is -3.91. The number of esters is 1. The molecule has 2 aliphatic heterocycles. The number of hydrogen-bond acceptors (Lipinski definition) is 8. The van der Waals surface area contributed by atoms with Crippen molar-refractivity contribution in [1.29, 1.82) is 0 Å². The number of benzene rings is 2. The van der Waals surface area contributed by atoms with Crippen LogP contribution in [0.5, 0.6) is 0 Å². The van der Waals surface area contributed by atoms with E-state index in [2.05, 4.69) is 26.3 Å². The molecule has 1 atom stereocenters. The van der Waals surface area contributed by atoms with E-state index in [0.29, 0.717) is 66.6 Å². The van der Waals surface area contributed by atoms with Crippen molar-refractivity contribution in [2.45, 2.75) is 39.7 Å². The highest BCUT2D eigenvalue weighted by atomic mass is 32.2. The molecule has 11 nitrogen and oxygen atoms in total. The molecule has 2 aliphatic rings. The van der Waals surface area contributed by atoms with Gasteiger partial charge in [0.05, 0.1) is 26.0 Å². The molecule has 2 aromatic heterocycles. The second kappa shape index (κ2) is 14.9. The number of hydrogen-bond donors (Lipinski definition) is 1. The number of piperidine rings is 1. The van der Waals surface area contributed by atoms with Crippen molar-refractivity contribution in [3.8, 4) is 11.3 Å². The molecule has 0 aliphatic carbocycles. The van der Waals surface area contributed by atoms with E-state index in [1.165, 1.54) is 22.0 Å². The Kier molecular flexibility index (Phi) is 10.5. The number of carbonyl (C=O) groups excluding carboxylic acids is 1. The lowest BCUT2D eigenvalue weighted by atomic mass is 9.97. The number of aromatic amines is 1. The van der Waals surface area contributed by atoms with Crippen molar-refractivity contribution in [3.05, 3.63) is 71.8 Å². The third kappa shape index (κ3) is 7.98. The molecule has 13 heteroatoms. The first kappa shape index (κ1) is 33.0. The molecule has 0 amide bonds. The number of fused-ring (bicyclic) bond motifs is 1. The van der Waals surface area contributed by atoms with Gasteiger partial charge in [-0.1, -0.05) is 37.3 Å². The number of ether oxygens (including phenoxy) is 2. The molecule has 0 radical (unpaired) electrons. The molecule has 250 valence electrons. The van der Waals surface area contributed by atoms with Gasteiger partial charge in [0.15, 0.2) is 0 Å². The molecule has 47 heavy (non-hydrogen) atoms. The standard InChI is InChI=1S/C34H41FN6O5S/c1-23(2)22-46-34(42)33-32(29-19-27(35)5-8-30(29)36-33)31-21-40(38-37-31)20-24-9-13-39(14-10-24)15-16-41(47(43)44)28-6-3-25(4-7-28)26-11-17-45-18-12-26/h3-8,11,19,21,23-24,36H,9-10,12-18,20,22H2,1-2H3,(H,43,44)/p-1. The van der Waals surface area contributed by atoms with Crippen LogP contribution in [0.15, 0.2) is 54.7 Å². The van der Waals surface area contributed by atoms with E-state index < -0.39 is 23.1 Å². The quantitative estimate of drug-likeness (QED) is 0.162. The van der Waals surface area contributed by atoms with E-state index in [4.69, 9.17) is 9.47 Å². The Bertz CT molecular complexity index is 1750. The van der Waals surface area contributed by atoms with Crippen LogP contribution >= 0.6 is 0 Å². The van der Waals surface area contributed by atoms with Gasteiger partial charge in [-0.3, -0.25) is 8.89 Å². The summed E-state index contributed by atoms with van der Waals surface area (Å²) in [6.45, 7) is 8.82. The van der Waals surface area contributed by atoms with Crippen LogP contribution in [0.2, 0.25) is 0 Å². The zero-order valence-electron chi connectivity index (χ0n) is 26.7. The van der Waals surface area contributed by atoms with E-state index in [1.807, 2.05) is 38.1 Å². The summed E-state index contributed by atoms with van der Waals surface area (Å²) in [5.41, 5.74) is 4.76. The number of anilines is 1. The Labute approximate surface area is 276 Å². The monoisotopic (exact) mass is 663 g/mol. The Morgan fingerprint density at radius 1 is 1.21 bits per heavy atom. The Balaban J connectivity index is 1.05. The number of likely N-dealkylation sites (tertiary alicyclic amines) is 1. The van der Waals surface area contributed by atoms with Crippen LogP contribution in [0.25, 0.3) is 27.7 Å². The summed E-state index contributed by atoms with van der Waals surface area (Å²) in [6.07, 6.45) is 6.57. The molecule has 4 heterocycles. The smallest absolute Gasteiger partial charge is 0.355 e. The van der Waals surface area contributed by atoms with E-state index in [9.17, 15) is 17.9 Å². The molecule has 0 spiro atoms. The number of nitrogens with one attached hydrogen (secondary N) is 1. The van der Waals surface area contributed by atoms with Crippen LogP contribution in [0.3, 0.4) is 0 Å². The Morgan fingerprint density at radius 2 is 2.00 bits per heavy atom. The van der Waals surface area contributed by atoms with Gasteiger partial charge in [-0.15, -0.1) is 5.10 Å². The average Bonchev–Trinajstić information content (AvgIpc) is 3.69. The van der Waals surface area contributed by atoms with Crippen molar-refractivity contribution < 1.29 is 27.4 Å². The zero-order valence-corrected chi connectivity index (χ0v) is 27.5. The summed E-state index contributed by atoms with van der Waals surface area (Å²) >= 11 is -2.38. The largest absolute Gasteiger partial charge is 0.755 e. The lowest BCUT2D eigenvalue weighted by Gasteiger charge is -2.34. The second-order valence-corrected chi connectivity index (χ2v) is 13.5. The molecule has 0 bridgehead atoms. The summed E-state index contributed by atoms with van der Waals surface area (Å²) in [4.78, 5) is 18.4. The highest BCUT2D eigenvalue weighted by Gasteiger charge is 2.25. The van der Waals surface area contributed by atoms with Crippen LogP contribution < -0.4 is 4.31 Å². The zero-order chi connectivity index (χ0) is 32.9. The number of aromatic nitrogens is 4. The number of halogens is 1. The summed E-state index contributed by atoms with van der Waals surface area (Å²) in [7, 11) is 0. The first-order valence-electron chi connectivity index (χ1n) is 16.1. The summed E-state index contributed by atoms with van der Waals surface area (Å²) in [6, 6.07) is 12.0. The fraction of sp³-hybridized carbons (Fsp3) is 0.441. The fourth-order valence-corrected chi connectivity index (χ4v) is 6.73. The van der Waals surface area contributed by atoms with Crippen molar-refractivity contribution in [2.24, 2.45) is 11.8 Å². The van der Waals surface area contributed by atoms with Crippen LogP contribution in [0.4, 0.5) is 10.1 Å². The third-order valence-electron chi connectivity index (χ3n) is 8.75. The number of H-pyrrole nitrogens is 1. The van der Waals surface area contributed by atoms with E-state index >= 15 is 0 Å². The predicted octanol–water partition coefficient (Wildman–Crippen LogP) is 5.19. The number of rotatable bonds is 12. The van der Waals surface area contributed by atoms with Gasteiger partial charge in [0.2, 0.25) is 0 Å². The third-order valence-corrected chi connectivity index (χ3v) is 9.50. The molecular weight excluding hydrogens is 623 g/mol. The summed E-state index contributed by atoms with van der Waals surface area (Å²) in [5.74, 6) is -0.404. The summed E-state index contributed by atoms with van der Waals surface area (Å²) in [5, 5.41) is 9.25. The first-order chi connectivity index (χ1) is 22.7. The molecule has 1 fully saturated rings. The van der Waals surface area contributed by atoms with Gasteiger partial charge in [0.1, 0.15) is 17.2 Å². The van der Waals surface area contributed by atoms with Crippen LogP contribution in [-0.2, 0) is 27.3 Å². The minimum Gasteiger partial charge on any atom is -0.755 e. The molecule has 6 rings (SSSR count). The minimum absolute atomic E-state index is 0.170. The number of carbonyl (C=O) groups is 1.